The average molecular weight is 390 g/mol. The van der Waals surface area contributed by atoms with Crippen molar-refractivity contribution in [1.82, 2.24) is 9.97 Å². The normalized spacial score (nSPS) is 12.1. The monoisotopic (exact) mass is 390 g/mol. The van der Waals surface area contributed by atoms with Crippen molar-refractivity contribution in [2.24, 2.45) is 0 Å². The van der Waals surface area contributed by atoms with Crippen LogP contribution >= 0.6 is 0 Å². The Bertz CT molecular complexity index is 1050. The van der Waals surface area contributed by atoms with Crippen LogP contribution in [-0.4, -0.2) is 22.0 Å². The van der Waals surface area contributed by atoms with E-state index in [0.29, 0.717) is 17.3 Å². The summed E-state index contributed by atoms with van der Waals surface area (Å²) in [4.78, 5) is 21.0. The van der Waals surface area contributed by atoms with Gasteiger partial charge in [0.15, 0.2) is 0 Å². The van der Waals surface area contributed by atoms with Crippen LogP contribution in [-0.2, 0) is 4.79 Å². The van der Waals surface area contributed by atoms with E-state index >= 15 is 0 Å². The maximum absolute atomic E-state index is 12.2. The molecular formula is C23H26N4O2. The molecule has 0 fully saturated rings. The molecule has 0 aliphatic rings. The van der Waals surface area contributed by atoms with Crippen molar-refractivity contribution in [3.05, 3.63) is 60.4 Å². The van der Waals surface area contributed by atoms with Gasteiger partial charge in [0, 0.05) is 17.1 Å². The second-order valence-electron chi connectivity index (χ2n) is 6.91. The van der Waals surface area contributed by atoms with E-state index < -0.39 is 0 Å². The summed E-state index contributed by atoms with van der Waals surface area (Å²) in [6, 6.07) is 11.8. The summed E-state index contributed by atoms with van der Waals surface area (Å²) in [6.07, 6.45) is 5.55. The van der Waals surface area contributed by atoms with Crippen molar-refractivity contribution in [3.63, 3.8) is 0 Å². The fourth-order valence-corrected chi connectivity index (χ4v) is 2.86. The number of nitrogens with zero attached hydrogens (tertiary/aromatic N) is 2. The highest BCUT2D eigenvalue weighted by atomic mass is 16.5. The number of allylic oxidation sites excluding steroid dienone is 1. The Morgan fingerprint density at radius 3 is 2.79 bits per heavy atom. The summed E-state index contributed by atoms with van der Waals surface area (Å²) in [6.45, 7) is 7.88. The van der Waals surface area contributed by atoms with Crippen molar-refractivity contribution in [1.29, 1.82) is 0 Å². The van der Waals surface area contributed by atoms with Gasteiger partial charge in [-0.25, -0.2) is 9.97 Å². The molecule has 1 heterocycles. The van der Waals surface area contributed by atoms with Crippen LogP contribution in [0.5, 0.6) is 5.75 Å². The minimum absolute atomic E-state index is 0.0107. The van der Waals surface area contributed by atoms with Crippen molar-refractivity contribution < 1.29 is 9.53 Å². The second kappa shape index (κ2) is 9.19. The quantitative estimate of drug-likeness (QED) is 0.530. The molecule has 6 heteroatoms. The number of anilines is 3. The molecule has 1 aromatic heterocycles. The Morgan fingerprint density at radius 1 is 1.24 bits per heavy atom. The molecule has 1 unspecified atom stereocenters. The van der Waals surface area contributed by atoms with Gasteiger partial charge >= 0.3 is 0 Å². The van der Waals surface area contributed by atoms with Crippen LogP contribution in [0.3, 0.4) is 0 Å². The zero-order chi connectivity index (χ0) is 20.8. The molecule has 0 bridgehead atoms. The first-order chi connectivity index (χ1) is 14.0. The van der Waals surface area contributed by atoms with Crippen LogP contribution < -0.4 is 15.4 Å². The standard InChI is InChI=1S/C23H26N4O2/c1-5-8-22(28)27-20-12-18-19(13-21(20)29-16(4)6-2)24-14-25-23(18)26-17-10-7-9-15(3)11-17/h5,7-14,16H,6H2,1-4H3,(H,27,28)(H,24,25,26). The maximum Gasteiger partial charge on any atom is 0.248 e. The summed E-state index contributed by atoms with van der Waals surface area (Å²) in [5.74, 6) is 1.04. The molecule has 6 nitrogen and oxygen atoms in total. The van der Waals surface area contributed by atoms with Gasteiger partial charge in [-0.2, -0.15) is 0 Å². The van der Waals surface area contributed by atoms with Crippen LogP contribution in [0.15, 0.2) is 54.9 Å². The lowest BCUT2D eigenvalue weighted by atomic mass is 10.1. The molecule has 0 saturated heterocycles. The number of rotatable bonds is 7. The molecular weight excluding hydrogens is 364 g/mol. The molecule has 0 spiro atoms. The van der Waals surface area contributed by atoms with E-state index in [-0.39, 0.29) is 12.0 Å². The SMILES string of the molecule is CC=CC(=O)Nc1cc2c(Nc3cccc(C)c3)ncnc2cc1OC(C)CC. The minimum Gasteiger partial charge on any atom is -0.488 e. The Labute approximate surface area is 171 Å². The van der Waals surface area contributed by atoms with Gasteiger partial charge in [-0.05, 0) is 57.0 Å². The van der Waals surface area contributed by atoms with E-state index in [2.05, 4.69) is 27.5 Å². The van der Waals surface area contributed by atoms with Crippen molar-refractivity contribution in [2.45, 2.75) is 40.2 Å². The van der Waals surface area contributed by atoms with Crippen LogP contribution in [0.2, 0.25) is 0 Å². The van der Waals surface area contributed by atoms with Gasteiger partial charge in [0.05, 0.1) is 17.3 Å². The van der Waals surface area contributed by atoms with E-state index in [0.717, 1.165) is 28.6 Å². The van der Waals surface area contributed by atoms with E-state index in [4.69, 9.17) is 4.74 Å². The van der Waals surface area contributed by atoms with Crippen LogP contribution in [0.1, 0.15) is 32.8 Å². The molecule has 1 amide bonds. The number of ether oxygens (including phenoxy) is 1. The number of amides is 1. The molecule has 2 N–H and O–H groups in total. The van der Waals surface area contributed by atoms with Crippen molar-refractivity contribution in [2.75, 3.05) is 10.6 Å². The fourth-order valence-electron chi connectivity index (χ4n) is 2.86. The van der Waals surface area contributed by atoms with Crippen LogP contribution in [0.25, 0.3) is 10.9 Å². The number of aryl methyl sites for hydroxylation is 1. The van der Waals surface area contributed by atoms with Crippen molar-refractivity contribution >= 4 is 34.0 Å². The lowest BCUT2D eigenvalue weighted by molar-refractivity contribution is -0.111. The van der Waals surface area contributed by atoms with Gasteiger partial charge in [0.2, 0.25) is 5.91 Å². The highest BCUT2D eigenvalue weighted by molar-refractivity contribution is 6.03. The number of benzene rings is 2. The molecule has 0 radical (unpaired) electrons. The summed E-state index contributed by atoms with van der Waals surface area (Å²) in [5, 5.41) is 7.04. The molecule has 3 rings (SSSR count). The van der Waals surface area contributed by atoms with E-state index in [1.807, 2.05) is 50.2 Å². The predicted octanol–water partition coefficient (Wildman–Crippen LogP) is 5.37. The zero-order valence-electron chi connectivity index (χ0n) is 17.2. The van der Waals surface area contributed by atoms with E-state index in [1.54, 1.807) is 13.0 Å². The van der Waals surface area contributed by atoms with Gasteiger partial charge < -0.3 is 15.4 Å². The van der Waals surface area contributed by atoms with Crippen LogP contribution in [0.4, 0.5) is 17.2 Å². The molecule has 1 atom stereocenters. The fraction of sp³-hybridized carbons (Fsp3) is 0.261. The van der Waals surface area contributed by atoms with Gasteiger partial charge in [0.25, 0.3) is 0 Å². The summed E-state index contributed by atoms with van der Waals surface area (Å²) < 4.78 is 6.04. The number of carbonyl (C=O) groups is 1. The number of carbonyl (C=O) groups excluding carboxylic acids is 1. The molecule has 0 aliphatic carbocycles. The minimum atomic E-state index is -0.217. The molecule has 0 saturated carbocycles. The number of aromatic nitrogens is 2. The maximum atomic E-state index is 12.2. The zero-order valence-corrected chi connectivity index (χ0v) is 17.2. The van der Waals surface area contributed by atoms with Gasteiger partial charge in [-0.3, -0.25) is 4.79 Å². The lowest BCUT2D eigenvalue weighted by Crippen LogP contribution is -2.14. The molecule has 29 heavy (non-hydrogen) atoms. The lowest BCUT2D eigenvalue weighted by Gasteiger charge is -2.18. The highest BCUT2D eigenvalue weighted by Crippen LogP contribution is 2.34. The number of fused-ring (bicyclic) bond motifs is 1. The van der Waals surface area contributed by atoms with Crippen molar-refractivity contribution in [3.8, 4) is 5.75 Å². The number of hydrogen-bond acceptors (Lipinski definition) is 5. The third-order valence-corrected chi connectivity index (χ3v) is 4.50. The van der Waals surface area contributed by atoms with Gasteiger partial charge in [-0.15, -0.1) is 0 Å². The predicted molar refractivity (Wildman–Crippen MR) is 118 cm³/mol. The Hall–Kier alpha value is -3.41. The smallest absolute Gasteiger partial charge is 0.248 e. The summed E-state index contributed by atoms with van der Waals surface area (Å²) in [5.41, 5.74) is 3.40. The summed E-state index contributed by atoms with van der Waals surface area (Å²) >= 11 is 0. The highest BCUT2D eigenvalue weighted by Gasteiger charge is 2.14. The summed E-state index contributed by atoms with van der Waals surface area (Å²) in [7, 11) is 0. The molecule has 150 valence electrons. The van der Waals surface area contributed by atoms with E-state index in [9.17, 15) is 4.79 Å². The first-order valence-electron chi connectivity index (χ1n) is 9.73. The topological polar surface area (TPSA) is 76.1 Å². The van der Waals surface area contributed by atoms with Crippen LogP contribution in [0, 0.1) is 6.92 Å². The van der Waals surface area contributed by atoms with Gasteiger partial charge in [-0.1, -0.05) is 25.1 Å². The number of hydrogen-bond donors (Lipinski definition) is 2. The number of nitrogens with one attached hydrogen (secondary N) is 2. The van der Waals surface area contributed by atoms with Gasteiger partial charge in [0.1, 0.15) is 17.9 Å². The second-order valence-corrected chi connectivity index (χ2v) is 6.91. The molecule has 3 aromatic rings. The van der Waals surface area contributed by atoms with E-state index in [1.165, 1.54) is 12.4 Å². The Kier molecular flexibility index (Phi) is 6.44. The largest absolute Gasteiger partial charge is 0.488 e. The third kappa shape index (κ3) is 5.10. The Morgan fingerprint density at radius 2 is 2.07 bits per heavy atom. The third-order valence-electron chi connectivity index (χ3n) is 4.50. The average Bonchev–Trinajstić information content (AvgIpc) is 2.69. The molecule has 0 aliphatic heterocycles. The Balaban J connectivity index is 2.06. The molecule has 2 aromatic carbocycles. The first kappa shape index (κ1) is 20.3. The first-order valence-corrected chi connectivity index (χ1v) is 9.73.